The van der Waals surface area contributed by atoms with E-state index in [2.05, 4.69) is 45.0 Å². The number of benzene rings is 2. The third-order valence-corrected chi connectivity index (χ3v) is 11.9. The van der Waals surface area contributed by atoms with E-state index in [9.17, 15) is 14.7 Å². The van der Waals surface area contributed by atoms with Crippen molar-refractivity contribution in [2.24, 2.45) is 5.41 Å². The molecular formula is C26H35NO4Si. The summed E-state index contributed by atoms with van der Waals surface area (Å²) < 4.78 is 7.09. The predicted octanol–water partition coefficient (Wildman–Crippen LogP) is 4.65. The number of carboxylic acid groups (broad SMARTS) is 1. The molecule has 0 aliphatic carbocycles. The van der Waals surface area contributed by atoms with Gasteiger partial charge in [-0.15, -0.1) is 0 Å². The van der Waals surface area contributed by atoms with Crippen LogP contribution < -0.4 is 10.4 Å². The molecule has 3 rings (SSSR count). The summed E-state index contributed by atoms with van der Waals surface area (Å²) in [5.41, 5.74) is -1.41. The molecule has 1 aliphatic heterocycles. The smallest absolute Gasteiger partial charge is 0.414 e. The Hall–Kier alpha value is -2.44. The number of likely N-dealkylation sites (tertiary alicyclic amines) is 1. The lowest BCUT2D eigenvalue weighted by Crippen LogP contribution is -2.69. The molecule has 1 unspecified atom stereocenters. The van der Waals surface area contributed by atoms with Crippen LogP contribution in [-0.2, 0) is 9.22 Å². The summed E-state index contributed by atoms with van der Waals surface area (Å²) in [6.45, 7) is 12.7. The summed E-state index contributed by atoms with van der Waals surface area (Å²) in [4.78, 5) is 25.9. The third-order valence-electron chi connectivity index (χ3n) is 6.96. The fourth-order valence-electron chi connectivity index (χ4n) is 5.12. The topological polar surface area (TPSA) is 66.8 Å². The molecule has 2 aromatic rings. The molecule has 1 fully saturated rings. The van der Waals surface area contributed by atoms with Gasteiger partial charge in [0.25, 0.3) is 8.32 Å². The number of carbonyl (C=O) groups is 2. The largest absolute Gasteiger partial charge is 0.465 e. The second-order valence-corrected chi connectivity index (χ2v) is 15.1. The SMILES string of the molecule is CC(C)(C)C1(CO[Si](c2ccccc2)(c2ccccc2)C(C)(C)C)CCC(=O)N1C(=O)O. The van der Waals surface area contributed by atoms with E-state index in [1.807, 2.05) is 57.2 Å². The quantitative estimate of drug-likeness (QED) is 0.669. The van der Waals surface area contributed by atoms with Crippen LogP contribution in [0.4, 0.5) is 4.79 Å². The van der Waals surface area contributed by atoms with E-state index in [0.29, 0.717) is 6.42 Å². The third kappa shape index (κ3) is 3.90. The molecule has 32 heavy (non-hydrogen) atoms. The van der Waals surface area contributed by atoms with Crippen LogP contribution in [0.2, 0.25) is 5.04 Å². The molecule has 2 aromatic carbocycles. The van der Waals surface area contributed by atoms with Crippen molar-refractivity contribution in [2.75, 3.05) is 6.61 Å². The lowest BCUT2D eigenvalue weighted by Gasteiger charge is -2.50. The number of nitrogens with zero attached hydrogens (tertiary/aromatic N) is 1. The molecule has 5 nitrogen and oxygen atoms in total. The standard InChI is InChI=1S/C26H35NO4Si/c1-24(2,3)26(18-17-22(28)27(26)23(29)30)19-31-32(25(4,5)6,20-13-9-7-10-14-20)21-15-11-8-12-16-21/h7-16H,17-19H2,1-6H3,(H,29,30). The number of imide groups is 1. The van der Waals surface area contributed by atoms with Crippen molar-refractivity contribution in [1.29, 1.82) is 0 Å². The first-order valence-electron chi connectivity index (χ1n) is 11.2. The number of hydrogen-bond acceptors (Lipinski definition) is 3. The highest BCUT2D eigenvalue weighted by atomic mass is 28.4. The Morgan fingerprint density at radius 1 is 0.969 bits per heavy atom. The van der Waals surface area contributed by atoms with Crippen LogP contribution >= 0.6 is 0 Å². The minimum Gasteiger partial charge on any atom is -0.465 e. The Balaban J connectivity index is 2.19. The summed E-state index contributed by atoms with van der Waals surface area (Å²) in [6, 6.07) is 20.5. The fraction of sp³-hybridized carbons (Fsp3) is 0.462. The fourth-order valence-corrected chi connectivity index (χ4v) is 9.73. The van der Waals surface area contributed by atoms with E-state index in [-0.39, 0.29) is 24.0 Å². The first kappa shape index (κ1) is 24.2. The van der Waals surface area contributed by atoms with Crippen LogP contribution in [0.3, 0.4) is 0 Å². The van der Waals surface area contributed by atoms with Crippen molar-refractivity contribution in [3.8, 4) is 0 Å². The van der Waals surface area contributed by atoms with Gasteiger partial charge in [0.15, 0.2) is 0 Å². The van der Waals surface area contributed by atoms with Gasteiger partial charge >= 0.3 is 6.09 Å². The second kappa shape index (κ2) is 8.48. The van der Waals surface area contributed by atoms with Crippen LogP contribution in [-0.4, -0.2) is 42.5 Å². The van der Waals surface area contributed by atoms with Gasteiger partial charge in [0.05, 0.1) is 12.1 Å². The molecular weight excluding hydrogens is 418 g/mol. The zero-order valence-electron chi connectivity index (χ0n) is 20.0. The average molecular weight is 454 g/mol. The van der Waals surface area contributed by atoms with Crippen molar-refractivity contribution in [2.45, 2.75) is 65.0 Å². The van der Waals surface area contributed by atoms with Crippen LogP contribution in [0, 0.1) is 5.41 Å². The van der Waals surface area contributed by atoms with Crippen LogP contribution in [0.25, 0.3) is 0 Å². The highest BCUT2D eigenvalue weighted by Crippen LogP contribution is 2.46. The van der Waals surface area contributed by atoms with E-state index in [1.54, 1.807) is 0 Å². The molecule has 0 saturated carbocycles. The lowest BCUT2D eigenvalue weighted by atomic mass is 9.72. The molecule has 172 valence electrons. The number of hydrogen-bond donors (Lipinski definition) is 1. The minimum atomic E-state index is -2.86. The van der Waals surface area contributed by atoms with Gasteiger partial charge in [-0.2, -0.15) is 0 Å². The zero-order valence-corrected chi connectivity index (χ0v) is 21.0. The predicted molar refractivity (Wildman–Crippen MR) is 130 cm³/mol. The molecule has 6 heteroatoms. The van der Waals surface area contributed by atoms with Crippen molar-refractivity contribution >= 4 is 30.7 Å². The summed E-state index contributed by atoms with van der Waals surface area (Å²) in [7, 11) is -2.86. The number of amides is 2. The van der Waals surface area contributed by atoms with E-state index in [1.165, 1.54) is 0 Å². The maximum atomic E-state index is 12.6. The average Bonchev–Trinajstić information content (AvgIpc) is 3.07. The van der Waals surface area contributed by atoms with Crippen LogP contribution in [0.1, 0.15) is 54.4 Å². The monoisotopic (exact) mass is 453 g/mol. The van der Waals surface area contributed by atoms with E-state index in [0.717, 1.165) is 15.3 Å². The van der Waals surface area contributed by atoms with Crippen molar-refractivity contribution in [3.05, 3.63) is 60.7 Å². The number of carbonyl (C=O) groups excluding carboxylic acids is 1. The highest BCUT2D eigenvalue weighted by Gasteiger charge is 2.59. The van der Waals surface area contributed by atoms with Gasteiger partial charge < -0.3 is 9.53 Å². The van der Waals surface area contributed by atoms with Crippen molar-refractivity contribution in [3.63, 3.8) is 0 Å². The molecule has 1 N–H and O–H groups in total. The molecule has 1 heterocycles. The lowest BCUT2D eigenvalue weighted by molar-refractivity contribution is -0.132. The van der Waals surface area contributed by atoms with Gasteiger partial charge in [-0.1, -0.05) is 102 Å². The summed E-state index contributed by atoms with van der Waals surface area (Å²) in [5.74, 6) is -0.349. The van der Waals surface area contributed by atoms with Gasteiger partial charge in [0.1, 0.15) is 0 Å². The molecule has 2 amide bonds. The van der Waals surface area contributed by atoms with Gasteiger partial charge in [0, 0.05) is 6.42 Å². The van der Waals surface area contributed by atoms with Gasteiger partial charge in [-0.05, 0) is 27.2 Å². The summed E-state index contributed by atoms with van der Waals surface area (Å²) in [6.07, 6.45) is -0.526. The molecule has 0 aromatic heterocycles. The molecule has 0 radical (unpaired) electrons. The first-order valence-corrected chi connectivity index (χ1v) is 13.1. The Morgan fingerprint density at radius 3 is 1.81 bits per heavy atom. The number of rotatable bonds is 5. The van der Waals surface area contributed by atoms with Crippen LogP contribution in [0.5, 0.6) is 0 Å². The Morgan fingerprint density at radius 2 is 1.44 bits per heavy atom. The summed E-state index contributed by atoms with van der Waals surface area (Å²) >= 11 is 0. The normalized spacial score (nSPS) is 19.9. The molecule has 0 bridgehead atoms. The Bertz CT molecular complexity index is 923. The minimum absolute atomic E-state index is 0.168. The van der Waals surface area contributed by atoms with Gasteiger partial charge in [0.2, 0.25) is 5.91 Å². The second-order valence-electron chi connectivity index (χ2n) is 10.7. The zero-order chi connectivity index (χ0) is 23.8. The Labute approximate surface area is 192 Å². The first-order chi connectivity index (χ1) is 14.9. The maximum Gasteiger partial charge on any atom is 0.414 e. The highest BCUT2D eigenvalue weighted by molar-refractivity contribution is 6.99. The van der Waals surface area contributed by atoms with Crippen LogP contribution in [0.15, 0.2) is 60.7 Å². The van der Waals surface area contributed by atoms with Crippen molar-refractivity contribution < 1.29 is 19.1 Å². The molecule has 0 spiro atoms. The van der Waals surface area contributed by atoms with Crippen molar-refractivity contribution in [1.82, 2.24) is 4.90 Å². The van der Waals surface area contributed by atoms with E-state index in [4.69, 9.17) is 4.43 Å². The van der Waals surface area contributed by atoms with Gasteiger partial charge in [-0.25, -0.2) is 9.69 Å². The molecule has 1 atom stereocenters. The van der Waals surface area contributed by atoms with Gasteiger partial charge in [-0.3, -0.25) is 4.79 Å². The molecule has 1 saturated heterocycles. The molecule has 1 aliphatic rings. The summed E-state index contributed by atoms with van der Waals surface area (Å²) in [5, 5.41) is 12.0. The van der Waals surface area contributed by atoms with E-state index >= 15 is 0 Å². The Kier molecular flexibility index (Phi) is 6.42. The maximum absolute atomic E-state index is 12.6. The van der Waals surface area contributed by atoms with E-state index < -0.39 is 25.4 Å².